The van der Waals surface area contributed by atoms with Gasteiger partial charge in [0.25, 0.3) is 0 Å². The Balaban J connectivity index is 2.13. The standard InChI is InChI=1S/C18H17FO2/c1-14-9-10-17(19)12-16(14)13-21-18-8-3-2-6-15(18)7-4-5-11-20/h2-3,6,8-10,12,20H,5,11,13H2,1H3. The van der Waals surface area contributed by atoms with Gasteiger partial charge in [-0.05, 0) is 42.3 Å². The molecular formula is C18H17FO2. The summed E-state index contributed by atoms with van der Waals surface area (Å²) < 4.78 is 19.0. The molecule has 0 unspecified atom stereocenters. The Bertz CT molecular complexity index is 668. The molecule has 2 aromatic carbocycles. The summed E-state index contributed by atoms with van der Waals surface area (Å²) in [6, 6.07) is 12.1. The molecule has 0 spiro atoms. The number of hydrogen-bond acceptors (Lipinski definition) is 2. The van der Waals surface area contributed by atoms with Gasteiger partial charge in [0, 0.05) is 6.42 Å². The van der Waals surface area contributed by atoms with Gasteiger partial charge in [-0.15, -0.1) is 0 Å². The monoisotopic (exact) mass is 284 g/mol. The second-order valence-electron chi connectivity index (χ2n) is 4.63. The van der Waals surface area contributed by atoms with Crippen LogP contribution in [0, 0.1) is 24.6 Å². The SMILES string of the molecule is Cc1ccc(F)cc1COc1ccccc1C#CCCO. The third-order valence-corrected chi connectivity index (χ3v) is 3.04. The Morgan fingerprint density at radius 2 is 2.00 bits per heavy atom. The average molecular weight is 284 g/mol. The van der Waals surface area contributed by atoms with Gasteiger partial charge in [-0.3, -0.25) is 0 Å². The van der Waals surface area contributed by atoms with Crippen LogP contribution in [-0.2, 0) is 6.61 Å². The quantitative estimate of drug-likeness (QED) is 0.871. The van der Waals surface area contributed by atoms with Crippen LogP contribution in [0.25, 0.3) is 0 Å². The van der Waals surface area contributed by atoms with Crippen LogP contribution in [0.2, 0.25) is 0 Å². The molecule has 0 heterocycles. The minimum Gasteiger partial charge on any atom is -0.488 e. The highest BCUT2D eigenvalue weighted by Gasteiger charge is 2.04. The summed E-state index contributed by atoms with van der Waals surface area (Å²) >= 11 is 0. The van der Waals surface area contributed by atoms with Gasteiger partial charge in [-0.1, -0.05) is 30.0 Å². The molecule has 0 aliphatic heterocycles. The summed E-state index contributed by atoms with van der Waals surface area (Å²) in [5.74, 6) is 6.23. The van der Waals surface area contributed by atoms with Crippen LogP contribution >= 0.6 is 0 Å². The molecule has 0 atom stereocenters. The Labute approximate surface area is 124 Å². The van der Waals surface area contributed by atoms with E-state index >= 15 is 0 Å². The second-order valence-corrected chi connectivity index (χ2v) is 4.63. The molecule has 0 amide bonds. The minimum atomic E-state index is -0.268. The van der Waals surface area contributed by atoms with E-state index in [9.17, 15) is 4.39 Å². The predicted molar refractivity (Wildman–Crippen MR) is 80.5 cm³/mol. The zero-order valence-electron chi connectivity index (χ0n) is 11.9. The Hall–Kier alpha value is -2.31. The van der Waals surface area contributed by atoms with Crippen molar-refractivity contribution in [2.45, 2.75) is 20.0 Å². The van der Waals surface area contributed by atoms with E-state index in [0.717, 1.165) is 16.7 Å². The van der Waals surface area contributed by atoms with E-state index in [4.69, 9.17) is 9.84 Å². The highest BCUT2D eigenvalue weighted by Crippen LogP contribution is 2.19. The van der Waals surface area contributed by atoms with E-state index in [-0.39, 0.29) is 12.4 Å². The van der Waals surface area contributed by atoms with Crippen molar-refractivity contribution in [1.29, 1.82) is 0 Å². The van der Waals surface area contributed by atoms with Crippen molar-refractivity contribution in [3.8, 4) is 17.6 Å². The zero-order valence-corrected chi connectivity index (χ0v) is 11.9. The summed E-state index contributed by atoms with van der Waals surface area (Å²) in [6.07, 6.45) is 0.428. The van der Waals surface area contributed by atoms with Crippen LogP contribution in [-0.4, -0.2) is 11.7 Å². The summed E-state index contributed by atoms with van der Waals surface area (Å²) in [4.78, 5) is 0. The Morgan fingerprint density at radius 1 is 1.19 bits per heavy atom. The zero-order chi connectivity index (χ0) is 15.1. The fraction of sp³-hybridized carbons (Fsp3) is 0.222. The molecule has 21 heavy (non-hydrogen) atoms. The van der Waals surface area contributed by atoms with Crippen molar-refractivity contribution in [2.75, 3.05) is 6.61 Å². The molecule has 108 valence electrons. The number of benzene rings is 2. The minimum absolute atomic E-state index is 0.0402. The van der Waals surface area contributed by atoms with Crippen molar-refractivity contribution < 1.29 is 14.2 Å². The van der Waals surface area contributed by atoms with Gasteiger partial charge < -0.3 is 9.84 Å². The average Bonchev–Trinajstić information content (AvgIpc) is 2.49. The van der Waals surface area contributed by atoms with Gasteiger partial charge >= 0.3 is 0 Å². The lowest BCUT2D eigenvalue weighted by atomic mass is 10.1. The molecule has 0 saturated carbocycles. The molecule has 3 heteroatoms. The molecule has 0 fully saturated rings. The molecule has 1 N–H and O–H groups in total. The third kappa shape index (κ3) is 4.34. The van der Waals surface area contributed by atoms with Crippen LogP contribution in [0.1, 0.15) is 23.1 Å². The molecule has 2 aromatic rings. The van der Waals surface area contributed by atoms with Gasteiger partial charge in [-0.25, -0.2) is 4.39 Å². The van der Waals surface area contributed by atoms with E-state index in [1.54, 1.807) is 6.07 Å². The molecule has 0 aliphatic rings. The topological polar surface area (TPSA) is 29.5 Å². The number of aliphatic hydroxyl groups is 1. The maximum absolute atomic E-state index is 13.3. The van der Waals surface area contributed by atoms with Crippen molar-refractivity contribution >= 4 is 0 Å². The van der Waals surface area contributed by atoms with Crippen LogP contribution in [0.3, 0.4) is 0 Å². The van der Waals surface area contributed by atoms with Crippen LogP contribution in [0.5, 0.6) is 5.75 Å². The van der Waals surface area contributed by atoms with E-state index in [1.807, 2.05) is 31.2 Å². The molecule has 0 aliphatic carbocycles. The van der Waals surface area contributed by atoms with Crippen LogP contribution < -0.4 is 4.74 Å². The van der Waals surface area contributed by atoms with Gasteiger partial charge in [0.1, 0.15) is 18.2 Å². The second kappa shape index (κ2) is 7.47. The van der Waals surface area contributed by atoms with Crippen LogP contribution in [0.4, 0.5) is 4.39 Å². The van der Waals surface area contributed by atoms with E-state index in [0.29, 0.717) is 18.8 Å². The fourth-order valence-corrected chi connectivity index (χ4v) is 1.86. The number of para-hydroxylation sites is 1. The molecule has 2 nitrogen and oxygen atoms in total. The van der Waals surface area contributed by atoms with Gasteiger partial charge in [0.05, 0.1) is 12.2 Å². The van der Waals surface area contributed by atoms with Crippen molar-refractivity contribution in [2.24, 2.45) is 0 Å². The van der Waals surface area contributed by atoms with E-state index < -0.39 is 0 Å². The molecule has 0 aromatic heterocycles. The first-order valence-electron chi connectivity index (χ1n) is 6.77. The summed E-state index contributed by atoms with van der Waals surface area (Å²) in [5, 5.41) is 8.75. The molecule has 0 radical (unpaired) electrons. The summed E-state index contributed by atoms with van der Waals surface area (Å²) in [6.45, 7) is 2.26. The maximum Gasteiger partial charge on any atom is 0.135 e. The highest BCUT2D eigenvalue weighted by molar-refractivity contribution is 5.46. The van der Waals surface area contributed by atoms with Gasteiger partial charge in [0.2, 0.25) is 0 Å². The van der Waals surface area contributed by atoms with Gasteiger partial charge in [0.15, 0.2) is 0 Å². The number of rotatable bonds is 4. The predicted octanol–water partition coefficient (Wildman–Crippen LogP) is 3.45. The third-order valence-electron chi connectivity index (χ3n) is 3.04. The molecule has 0 saturated heterocycles. The number of halogens is 1. The number of aryl methyl sites for hydroxylation is 1. The van der Waals surface area contributed by atoms with Crippen molar-refractivity contribution in [3.63, 3.8) is 0 Å². The molecular weight excluding hydrogens is 267 g/mol. The van der Waals surface area contributed by atoms with Crippen molar-refractivity contribution in [3.05, 3.63) is 65.0 Å². The largest absolute Gasteiger partial charge is 0.488 e. The Morgan fingerprint density at radius 3 is 2.81 bits per heavy atom. The van der Waals surface area contributed by atoms with Crippen molar-refractivity contribution in [1.82, 2.24) is 0 Å². The summed E-state index contributed by atoms with van der Waals surface area (Å²) in [5.41, 5.74) is 2.56. The first kappa shape index (κ1) is 15.1. The highest BCUT2D eigenvalue weighted by atomic mass is 19.1. The number of aliphatic hydroxyl groups excluding tert-OH is 1. The van der Waals surface area contributed by atoms with E-state index in [1.165, 1.54) is 12.1 Å². The molecule has 2 rings (SSSR count). The van der Waals surface area contributed by atoms with Gasteiger partial charge in [-0.2, -0.15) is 0 Å². The van der Waals surface area contributed by atoms with Crippen LogP contribution in [0.15, 0.2) is 42.5 Å². The number of hydrogen-bond donors (Lipinski definition) is 1. The van der Waals surface area contributed by atoms with E-state index in [2.05, 4.69) is 11.8 Å². The fourth-order valence-electron chi connectivity index (χ4n) is 1.86. The first-order chi connectivity index (χ1) is 10.2. The maximum atomic E-state index is 13.3. The first-order valence-corrected chi connectivity index (χ1v) is 6.77. The summed E-state index contributed by atoms with van der Waals surface area (Å²) in [7, 11) is 0. The lowest BCUT2D eigenvalue weighted by molar-refractivity contribution is 0.303. The lowest BCUT2D eigenvalue weighted by Gasteiger charge is -2.10. The number of ether oxygens (including phenoxy) is 1. The lowest BCUT2D eigenvalue weighted by Crippen LogP contribution is -2.00. The normalized spacial score (nSPS) is 9.86. The smallest absolute Gasteiger partial charge is 0.135 e. The Kier molecular flexibility index (Phi) is 5.36. The molecule has 0 bridgehead atoms.